The highest BCUT2D eigenvalue weighted by Gasteiger charge is 2.27. The van der Waals surface area contributed by atoms with Gasteiger partial charge in [0.2, 0.25) is 0 Å². The first kappa shape index (κ1) is 18.9. The summed E-state index contributed by atoms with van der Waals surface area (Å²) in [7, 11) is 1.72. The molecular formula is C24H31N3O. The van der Waals surface area contributed by atoms with Crippen molar-refractivity contribution in [1.29, 1.82) is 0 Å². The number of aliphatic imine (C=N–C) groups is 1. The van der Waals surface area contributed by atoms with Crippen molar-refractivity contribution >= 4 is 11.8 Å². The van der Waals surface area contributed by atoms with E-state index >= 15 is 0 Å². The highest BCUT2D eigenvalue weighted by Crippen LogP contribution is 2.37. The molecule has 28 heavy (non-hydrogen) atoms. The maximum atomic E-state index is 5.59. The first-order valence-electron chi connectivity index (χ1n) is 10.7. The van der Waals surface area contributed by atoms with Crippen molar-refractivity contribution in [2.75, 3.05) is 7.11 Å². The van der Waals surface area contributed by atoms with E-state index in [-0.39, 0.29) is 0 Å². The van der Waals surface area contributed by atoms with Crippen LogP contribution >= 0.6 is 0 Å². The molecule has 1 unspecified atom stereocenters. The third kappa shape index (κ3) is 4.01. The van der Waals surface area contributed by atoms with Gasteiger partial charge in [-0.15, -0.1) is 0 Å². The van der Waals surface area contributed by atoms with Gasteiger partial charge in [0.1, 0.15) is 5.75 Å². The van der Waals surface area contributed by atoms with Gasteiger partial charge in [0, 0.05) is 18.0 Å². The van der Waals surface area contributed by atoms with Crippen LogP contribution < -0.4 is 4.74 Å². The quantitative estimate of drug-likeness (QED) is 0.506. The summed E-state index contributed by atoms with van der Waals surface area (Å²) in [6.07, 6.45) is 16.7. The molecule has 1 aliphatic heterocycles. The predicted octanol–water partition coefficient (Wildman–Crippen LogP) is 6.51. The lowest BCUT2D eigenvalue weighted by Gasteiger charge is -2.24. The summed E-state index contributed by atoms with van der Waals surface area (Å²) in [6.45, 7) is 2.28. The maximum Gasteiger partial charge on any atom is 0.144 e. The molecule has 1 fully saturated rings. The number of methoxy groups -OCH3 is 1. The molecular weight excluding hydrogens is 346 g/mol. The zero-order valence-corrected chi connectivity index (χ0v) is 17.1. The average Bonchev–Trinajstić information content (AvgIpc) is 3.44. The maximum absolute atomic E-state index is 5.59. The first-order chi connectivity index (χ1) is 13.8. The zero-order valence-electron chi connectivity index (χ0n) is 17.1. The number of hydrogen-bond acceptors (Lipinski definition) is 2. The minimum Gasteiger partial charge on any atom is -0.494 e. The smallest absolute Gasteiger partial charge is 0.144 e. The minimum absolute atomic E-state index is 0.690. The monoisotopic (exact) mass is 377 g/mol. The molecule has 0 spiro atoms. The van der Waals surface area contributed by atoms with Crippen LogP contribution in [0.3, 0.4) is 0 Å². The van der Waals surface area contributed by atoms with E-state index in [0.717, 1.165) is 34.9 Å². The van der Waals surface area contributed by atoms with Crippen LogP contribution in [0.2, 0.25) is 0 Å². The van der Waals surface area contributed by atoms with E-state index in [4.69, 9.17) is 9.73 Å². The van der Waals surface area contributed by atoms with Crippen LogP contribution in [0.4, 0.5) is 0 Å². The summed E-state index contributed by atoms with van der Waals surface area (Å²) in [5.74, 6) is 1.54. The standard InChI is InChI=1S/C24H31N3O/c1-3-4-5-6-9-17-10-7-11-20-19(17)14-18(26-20)15-23-24(28-2)16-22(27-23)21-12-8-13-25-21/h8,12-17,25,27H,3-7,9-11H2,1-2H3/b18-15-. The summed E-state index contributed by atoms with van der Waals surface area (Å²) < 4.78 is 5.59. The lowest BCUT2D eigenvalue weighted by molar-refractivity contribution is 0.414. The molecule has 0 amide bonds. The Morgan fingerprint density at radius 2 is 2.18 bits per heavy atom. The van der Waals surface area contributed by atoms with Gasteiger partial charge in [-0.25, -0.2) is 0 Å². The highest BCUT2D eigenvalue weighted by atomic mass is 16.5. The minimum atomic E-state index is 0.690. The fourth-order valence-electron chi connectivity index (χ4n) is 4.43. The van der Waals surface area contributed by atoms with E-state index < -0.39 is 0 Å². The van der Waals surface area contributed by atoms with Crippen molar-refractivity contribution < 1.29 is 4.74 Å². The second-order valence-corrected chi connectivity index (χ2v) is 7.91. The number of unbranched alkanes of at least 4 members (excludes halogenated alkanes) is 3. The average molecular weight is 378 g/mol. The van der Waals surface area contributed by atoms with Crippen LogP contribution in [-0.4, -0.2) is 22.8 Å². The third-order valence-corrected chi connectivity index (χ3v) is 5.92. The van der Waals surface area contributed by atoms with Gasteiger partial charge in [0.05, 0.1) is 29.9 Å². The topological polar surface area (TPSA) is 53.2 Å². The van der Waals surface area contributed by atoms with E-state index in [1.807, 2.05) is 18.3 Å². The van der Waals surface area contributed by atoms with E-state index in [1.54, 1.807) is 7.11 Å². The van der Waals surface area contributed by atoms with Crippen molar-refractivity contribution in [3.63, 3.8) is 0 Å². The van der Waals surface area contributed by atoms with Crippen molar-refractivity contribution in [2.24, 2.45) is 10.9 Å². The molecule has 3 heterocycles. The van der Waals surface area contributed by atoms with Crippen LogP contribution in [0.5, 0.6) is 5.75 Å². The molecule has 0 saturated heterocycles. The molecule has 2 N–H and O–H groups in total. The number of hydrogen-bond donors (Lipinski definition) is 2. The fraction of sp³-hybridized carbons (Fsp3) is 0.458. The van der Waals surface area contributed by atoms with Gasteiger partial charge >= 0.3 is 0 Å². The molecule has 1 aliphatic carbocycles. The Hall–Kier alpha value is -2.49. The summed E-state index contributed by atoms with van der Waals surface area (Å²) in [5.41, 5.74) is 6.90. The number of fused-ring (bicyclic) bond motifs is 1. The van der Waals surface area contributed by atoms with Gasteiger partial charge in [-0.2, -0.15) is 0 Å². The predicted molar refractivity (Wildman–Crippen MR) is 117 cm³/mol. The van der Waals surface area contributed by atoms with Crippen LogP contribution in [0.25, 0.3) is 17.5 Å². The van der Waals surface area contributed by atoms with Crippen molar-refractivity contribution in [1.82, 2.24) is 9.97 Å². The Labute approximate surface area is 167 Å². The van der Waals surface area contributed by atoms with Crippen molar-refractivity contribution in [2.45, 2.75) is 58.3 Å². The highest BCUT2D eigenvalue weighted by molar-refractivity contribution is 6.05. The number of ether oxygens (including phenoxy) is 1. The van der Waals surface area contributed by atoms with E-state index in [1.165, 1.54) is 56.2 Å². The lowest BCUT2D eigenvalue weighted by Crippen LogP contribution is -2.17. The van der Waals surface area contributed by atoms with Gasteiger partial charge < -0.3 is 14.7 Å². The molecule has 0 aromatic carbocycles. The Morgan fingerprint density at radius 3 is 2.96 bits per heavy atom. The number of rotatable bonds is 8. The van der Waals surface area contributed by atoms with Crippen LogP contribution in [0.15, 0.2) is 46.7 Å². The van der Waals surface area contributed by atoms with Gasteiger partial charge in [-0.3, -0.25) is 4.99 Å². The molecule has 4 rings (SSSR count). The van der Waals surface area contributed by atoms with E-state index in [0.29, 0.717) is 5.92 Å². The lowest BCUT2D eigenvalue weighted by atomic mass is 9.80. The van der Waals surface area contributed by atoms with Gasteiger partial charge in [-0.1, -0.05) is 32.6 Å². The Kier molecular flexibility index (Phi) is 5.84. The normalized spacial score (nSPS) is 20.2. The molecule has 0 bridgehead atoms. The van der Waals surface area contributed by atoms with E-state index in [9.17, 15) is 0 Å². The fourth-order valence-corrected chi connectivity index (χ4v) is 4.43. The molecule has 1 saturated carbocycles. The number of aromatic amines is 2. The van der Waals surface area contributed by atoms with Crippen molar-refractivity contribution in [3.05, 3.63) is 47.4 Å². The molecule has 4 nitrogen and oxygen atoms in total. The number of aromatic nitrogens is 2. The Morgan fingerprint density at radius 1 is 1.25 bits per heavy atom. The van der Waals surface area contributed by atoms with Gasteiger partial charge in [-0.05, 0) is 61.5 Å². The summed E-state index contributed by atoms with van der Waals surface area (Å²) in [4.78, 5) is 11.7. The summed E-state index contributed by atoms with van der Waals surface area (Å²) in [6, 6.07) is 6.09. The Balaban J connectivity index is 1.54. The van der Waals surface area contributed by atoms with Crippen LogP contribution in [0.1, 0.15) is 64.0 Å². The van der Waals surface area contributed by atoms with Crippen LogP contribution in [0, 0.1) is 5.92 Å². The molecule has 148 valence electrons. The largest absolute Gasteiger partial charge is 0.494 e. The molecule has 2 aromatic heterocycles. The third-order valence-electron chi connectivity index (χ3n) is 5.92. The molecule has 1 atom stereocenters. The summed E-state index contributed by atoms with van der Waals surface area (Å²) in [5, 5.41) is 0. The number of nitrogens with one attached hydrogen (secondary N) is 2. The van der Waals surface area contributed by atoms with Gasteiger partial charge in [0.25, 0.3) is 0 Å². The first-order valence-corrected chi connectivity index (χ1v) is 10.7. The van der Waals surface area contributed by atoms with E-state index in [2.05, 4.69) is 35.1 Å². The number of nitrogens with zero attached hydrogens (tertiary/aromatic N) is 1. The van der Waals surface area contributed by atoms with Gasteiger partial charge in [0.15, 0.2) is 0 Å². The number of H-pyrrole nitrogens is 2. The molecule has 0 radical (unpaired) electrons. The number of allylic oxidation sites excluding steroid dienone is 2. The van der Waals surface area contributed by atoms with Crippen molar-refractivity contribution in [3.8, 4) is 17.1 Å². The molecule has 2 aliphatic rings. The molecule has 4 heteroatoms. The Bertz CT molecular complexity index is 883. The summed E-state index contributed by atoms with van der Waals surface area (Å²) >= 11 is 0. The van der Waals surface area contributed by atoms with Crippen LogP contribution in [-0.2, 0) is 0 Å². The second-order valence-electron chi connectivity index (χ2n) is 7.91. The SMILES string of the molecule is CCCCCCC1CCCC2=N/C(=C\c3[nH]c(-c4ccc[nH]4)cc3OC)C=C21. The zero-order chi connectivity index (χ0) is 19.3. The molecule has 2 aromatic rings. The second kappa shape index (κ2) is 8.68.